The van der Waals surface area contributed by atoms with Crippen LogP contribution in [0.1, 0.15) is 13.8 Å². The van der Waals surface area contributed by atoms with Crippen molar-refractivity contribution >= 4 is 12.0 Å². The van der Waals surface area contributed by atoms with Gasteiger partial charge >= 0.3 is 6.09 Å². The average molecular weight is 186 g/mol. The third kappa shape index (κ3) is 2.11. The molecule has 5 heteroatoms. The number of rotatable bonds is 1. The van der Waals surface area contributed by atoms with Crippen molar-refractivity contribution in [2.75, 3.05) is 19.7 Å². The Morgan fingerprint density at radius 3 is 3.08 bits per heavy atom. The van der Waals surface area contributed by atoms with Crippen LogP contribution in [0.15, 0.2) is 0 Å². The van der Waals surface area contributed by atoms with Gasteiger partial charge < -0.3 is 10.1 Å². The van der Waals surface area contributed by atoms with E-state index in [4.69, 9.17) is 4.74 Å². The Bertz CT molecular complexity index is 217. The molecule has 1 heterocycles. The highest BCUT2D eigenvalue weighted by molar-refractivity contribution is 5.86. The van der Waals surface area contributed by atoms with E-state index in [1.54, 1.807) is 13.8 Å². The molecular formula is C8H14N2O3. The molecule has 1 atom stereocenters. The minimum absolute atomic E-state index is 0.126. The molecule has 0 aromatic rings. The number of carbonyl (C=O) groups is 2. The number of hydrogen-bond donors (Lipinski definition) is 1. The summed E-state index contributed by atoms with van der Waals surface area (Å²) in [6, 6.07) is -0.423. The molecule has 0 aromatic carbocycles. The van der Waals surface area contributed by atoms with E-state index in [0.29, 0.717) is 19.7 Å². The lowest BCUT2D eigenvalue weighted by atomic mass is 10.2. The first-order chi connectivity index (χ1) is 6.16. The molecule has 0 spiro atoms. The maximum atomic E-state index is 11.3. The van der Waals surface area contributed by atoms with E-state index in [-0.39, 0.29) is 5.91 Å². The summed E-state index contributed by atoms with van der Waals surface area (Å²) in [5.41, 5.74) is 0. The van der Waals surface area contributed by atoms with E-state index in [0.717, 1.165) is 0 Å². The van der Waals surface area contributed by atoms with Gasteiger partial charge in [-0.25, -0.2) is 4.79 Å². The number of amides is 2. The molecular weight excluding hydrogens is 172 g/mol. The SMILES string of the molecule is CCOC(=O)N1CCNC(=O)C1C. The molecule has 1 aliphatic heterocycles. The van der Waals surface area contributed by atoms with E-state index >= 15 is 0 Å². The maximum Gasteiger partial charge on any atom is 0.410 e. The van der Waals surface area contributed by atoms with E-state index in [2.05, 4.69) is 5.32 Å². The summed E-state index contributed by atoms with van der Waals surface area (Å²) in [7, 11) is 0. The summed E-state index contributed by atoms with van der Waals surface area (Å²) >= 11 is 0. The van der Waals surface area contributed by atoms with Crippen molar-refractivity contribution in [1.82, 2.24) is 10.2 Å². The molecule has 13 heavy (non-hydrogen) atoms. The largest absolute Gasteiger partial charge is 0.450 e. The van der Waals surface area contributed by atoms with Crippen molar-refractivity contribution in [3.8, 4) is 0 Å². The molecule has 1 aliphatic rings. The van der Waals surface area contributed by atoms with Gasteiger partial charge in [0.15, 0.2) is 0 Å². The Labute approximate surface area is 77.0 Å². The van der Waals surface area contributed by atoms with Crippen molar-refractivity contribution in [2.24, 2.45) is 0 Å². The molecule has 2 amide bonds. The molecule has 1 saturated heterocycles. The van der Waals surface area contributed by atoms with Gasteiger partial charge in [-0.2, -0.15) is 0 Å². The van der Waals surface area contributed by atoms with Gasteiger partial charge in [-0.05, 0) is 13.8 Å². The standard InChI is InChI=1S/C8H14N2O3/c1-3-13-8(12)10-5-4-9-7(11)6(10)2/h6H,3-5H2,1-2H3,(H,9,11). The number of nitrogens with one attached hydrogen (secondary N) is 1. The predicted octanol–water partition coefficient (Wildman–Crippen LogP) is -0.0368. The van der Waals surface area contributed by atoms with E-state index in [9.17, 15) is 9.59 Å². The lowest BCUT2D eigenvalue weighted by Crippen LogP contribution is -2.55. The highest BCUT2D eigenvalue weighted by Gasteiger charge is 2.29. The van der Waals surface area contributed by atoms with Crippen molar-refractivity contribution < 1.29 is 14.3 Å². The Morgan fingerprint density at radius 2 is 2.46 bits per heavy atom. The number of piperazine rings is 1. The minimum atomic E-state index is -0.423. The molecule has 0 bridgehead atoms. The first-order valence-electron chi connectivity index (χ1n) is 4.38. The highest BCUT2D eigenvalue weighted by Crippen LogP contribution is 2.05. The molecule has 1 unspecified atom stereocenters. The number of carbonyl (C=O) groups excluding carboxylic acids is 2. The summed E-state index contributed by atoms with van der Waals surface area (Å²) in [5.74, 6) is -0.126. The van der Waals surface area contributed by atoms with Gasteiger partial charge in [0.1, 0.15) is 6.04 Å². The van der Waals surface area contributed by atoms with Gasteiger partial charge in [0.2, 0.25) is 5.91 Å². The molecule has 1 rings (SSSR count). The highest BCUT2D eigenvalue weighted by atomic mass is 16.6. The van der Waals surface area contributed by atoms with Crippen LogP contribution in [-0.4, -0.2) is 42.6 Å². The molecule has 0 aliphatic carbocycles. The van der Waals surface area contributed by atoms with Crippen LogP contribution < -0.4 is 5.32 Å². The zero-order chi connectivity index (χ0) is 9.84. The molecule has 0 saturated carbocycles. The summed E-state index contributed by atoms with van der Waals surface area (Å²) < 4.78 is 4.81. The topological polar surface area (TPSA) is 58.6 Å². The predicted molar refractivity (Wildman–Crippen MR) is 46.2 cm³/mol. The molecule has 74 valence electrons. The molecule has 5 nitrogen and oxygen atoms in total. The fraction of sp³-hybridized carbons (Fsp3) is 0.750. The number of hydrogen-bond acceptors (Lipinski definition) is 3. The van der Waals surface area contributed by atoms with Crippen molar-refractivity contribution in [2.45, 2.75) is 19.9 Å². The third-order valence-electron chi connectivity index (χ3n) is 2.00. The van der Waals surface area contributed by atoms with Gasteiger partial charge in [-0.1, -0.05) is 0 Å². The smallest absolute Gasteiger partial charge is 0.410 e. The third-order valence-corrected chi connectivity index (χ3v) is 2.00. The lowest BCUT2D eigenvalue weighted by Gasteiger charge is -2.31. The van der Waals surface area contributed by atoms with Crippen LogP contribution in [0.3, 0.4) is 0 Å². The number of nitrogens with zero attached hydrogens (tertiary/aromatic N) is 1. The summed E-state index contributed by atoms with van der Waals surface area (Å²) in [4.78, 5) is 23.9. The van der Waals surface area contributed by atoms with Gasteiger partial charge in [0.05, 0.1) is 6.61 Å². The Balaban J connectivity index is 2.57. The van der Waals surface area contributed by atoms with Gasteiger partial charge in [-0.15, -0.1) is 0 Å². The molecule has 0 radical (unpaired) electrons. The second-order valence-electron chi connectivity index (χ2n) is 2.86. The van der Waals surface area contributed by atoms with Crippen LogP contribution in [0.25, 0.3) is 0 Å². The monoisotopic (exact) mass is 186 g/mol. The Hall–Kier alpha value is -1.26. The van der Waals surface area contributed by atoms with Crippen LogP contribution in [0.5, 0.6) is 0 Å². The van der Waals surface area contributed by atoms with Crippen molar-refractivity contribution in [3.63, 3.8) is 0 Å². The number of ether oxygens (including phenoxy) is 1. The lowest BCUT2D eigenvalue weighted by molar-refractivity contribution is -0.127. The zero-order valence-corrected chi connectivity index (χ0v) is 7.87. The van der Waals surface area contributed by atoms with Crippen molar-refractivity contribution in [1.29, 1.82) is 0 Å². The van der Waals surface area contributed by atoms with Crippen LogP contribution in [0.2, 0.25) is 0 Å². The maximum absolute atomic E-state index is 11.3. The Kier molecular flexibility index (Phi) is 3.11. The van der Waals surface area contributed by atoms with E-state index < -0.39 is 12.1 Å². The Morgan fingerprint density at radius 1 is 1.77 bits per heavy atom. The van der Waals surface area contributed by atoms with Crippen molar-refractivity contribution in [3.05, 3.63) is 0 Å². The van der Waals surface area contributed by atoms with E-state index in [1.807, 2.05) is 0 Å². The van der Waals surface area contributed by atoms with Crippen LogP contribution >= 0.6 is 0 Å². The summed E-state index contributed by atoms with van der Waals surface area (Å²) in [6.45, 7) is 4.79. The summed E-state index contributed by atoms with van der Waals surface area (Å²) in [5, 5.41) is 2.67. The van der Waals surface area contributed by atoms with Crippen LogP contribution in [0.4, 0.5) is 4.79 Å². The quantitative estimate of drug-likeness (QED) is 0.625. The zero-order valence-electron chi connectivity index (χ0n) is 7.87. The minimum Gasteiger partial charge on any atom is -0.450 e. The molecule has 1 fully saturated rings. The van der Waals surface area contributed by atoms with Crippen LogP contribution in [-0.2, 0) is 9.53 Å². The van der Waals surface area contributed by atoms with Gasteiger partial charge in [-0.3, -0.25) is 9.69 Å². The van der Waals surface area contributed by atoms with Gasteiger partial charge in [0.25, 0.3) is 0 Å². The van der Waals surface area contributed by atoms with Crippen LogP contribution in [0, 0.1) is 0 Å². The second-order valence-corrected chi connectivity index (χ2v) is 2.86. The van der Waals surface area contributed by atoms with E-state index in [1.165, 1.54) is 4.90 Å². The summed E-state index contributed by atoms with van der Waals surface area (Å²) in [6.07, 6.45) is -0.412. The average Bonchev–Trinajstić information content (AvgIpc) is 2.10. The molecule has 0 aromatic heterocycles. The fourth-order valence-corrected chi connectivity index (χ4v) is 1.24. The first kappa shape index (κ1) is 9.83. The fourth-order valence-electron chi connectivity index (χ4n) is 1.24. The van der Waals surface area contributed by atoms with Gasteiger partial charge in [0, 0.05) is 13.1 Å². The first-order valence-corrected chi connectivity index (χ1v) is 4.38. The normalized spacial score (nSPS) is 22.5. The second kappa shape index (κ2) is 4.11. The molecule has 1 N–H and O–H groups in total.